The van der Waals surface area contributed by atoms with Crippen molar-refractivity contribution in [2.75, 3.05) is 13.2 Å². The molecule has 0 amide bonds. The molecule has 0 fully saturated rings. The van der Waals surface area contributed by atoms with Crippen molar-refractivity contribution in [2.45, 2.75) is 26.1 Å². The van der Waals surface area contributed by atoms with Crippen LogP contribution in [0.2, 0.25) is 0 Å². The van der Waals surface area contributed by atoms with Gasteiger partial charge in [-0.15, -0.1) is 0 Å². The molecule has 74 valence electrons. The predicted octanol–water partition coefficient (Wildman–Crippen LogP) is 1.59. The highest BCUT2D eigenvalue weighted by Crippen LogP contribution is 2.22. The maximum atomic E-state index is 9.75. The van der Waals surface area contributed by atoms with Crippen molar-refractivity contribution < 1.29 is 14.6 Å². The van der Waals surface area contributed by atoms with Crippen molar-refractivity contribution in [1.82, 2.24) is 0 Å². The van der Waals surface area contributed by atoms with Crippen molar-refractivity contribution in [1.29, 1.82) is 0 Å². The molecule has 0 aromatic carbocycles. The maximum absolute atomic E-state index is 9.75. The van der Waals surface area contributed by atoms with Gasteiger partial charge < -0.3 is 14.6 Å². The van der Waals surface area contributed by atoms with Crippen molar-refractivity contribution in [3.63, 3.8) is 0 Å². The third kappa shape index (κ3) is 2.86. The molecule has 0 heterocycles. The monoisotopic (exact) mass is 184 g/mol. The van der Waals surface area contributed by atoms with Crippen LogP contribution in [0, 0.1) is 0 Å². The first-order valence-electron chi connectivity index (χ1n) is 4.58. The molecule has 0 saturated carbocycles. The second-order valence-corrected chi connectivity index (χ2v) is 2.85. The standard InChI is InChI=1S/C10H16O3/c1-3-12-9-5-7-10(11,8-6-9)13-4-2/h5-7,11H,3-4,8H2,1-2H3. The normalized spacial score (nSPS) is 27.2. The van der Waals surface area contributed by atoms with E-state index in [1.165, 1.54) is 0 Å². The van der Waals surface area contributed by atoms with Gasteiger partial charge >= 0.3 is 0 Å². The Morgan fingerprint density at radius 3 is 2.69 bits per heavy atom. The molecule has 1 rings (SSSR count). The number of allylic oxidation sites excluding steroid dienone is 1. The van der Waals surface area contributed by atoms with Gasteiger partial charge in [0, 0.05) is 13.0 Å². The van der Waals surface area contributed by atoms with Gasteiger partial charge in [-0.2, -0.15) is 0 Å². The number of hydrogen-bond acceptors (Lipinski definition) is 3. The Kier molecular flexibility index (Phi) is 3.51. The minimum atomic E-state index is -1.13. The molecule has 13 heavy (non-hydrogen) atoms. The molecule has 1 unspecified atom stereocenters. The number of hydrogen-bond donors (Lipinski definition) is 1. The smallest absolute Gasteiger partial charge is 0.189 e. The Morgan fingerprint density at radius 2 is 2.23 bits per heavy atom. The third-order valence-corrected chi connectivity index (χ3v) is 1.81. The average molecular weight is 184 g/mol. The van der Waals surface area contributed by atoms with Crippen LogP contribution in [0.1, 0.15) is 20.3 Å². The van der Waals surface area contributed by atoms with Crippen molar-refractivity contribution in [3.8, 4) is 0 Å². The fraction of sp³-hybridized carbons (Fsp3) is 0.600. The van der Waals surface area contributed by atoms with E-state index in [4.69, 9.17) is 9.47 Å². The van der Waals surface area contributed by atoms with Crippen LogP contribution in [-0.2, 0) is 9.47 Å². The zero-order chi connectivity index (χ0) is 9.73. The molecule has 1 N–H and O–H groups in total. The quantitative estimate of drug-likeness (QED) is 0.674. The molecule has 0 aliphatic heterocycles. The fourth-order valence-electron chi connectivity index (χ4n) is 1.23. The van der Waals surface area contributed by atoms with Gasteiger partial charge in [0.25, 0.3) is 0 Å². The molecule has 0 radical (unpaired) electrons. The van der Waals surface area contributed by atoms with E-state index in [9.17, 15) is 5.11 Å². The number of ether oxygens (including phenoxy) is 2. The van der Waals surface area contributed by atoms with E-state index in [1.807, 2.05) is 19.9 Å². The van der Waals surface area contributed by atoms with E-state index < -0.39 is 5.79 Å². The van der Waals surface area contributed by atoms with Gasteiger partial charge in [-0.05, 0) is 32.1 Å². The van der Waals surface area contributed by atoms with Gasteiger partial charge in [-0.1, -0.05) is 0 Å². The lowest BCUT2D eigenvalue weighted by Gasteiger charge is -2.25. The summed E-state index contributed by atoms with van der Waals surface area (Å²) >= 11 is 0. The first-order chi connectivity index (χ1) is 6.20. The van der Waals surface area contributed by atoms with E-state index in [0.29, 0.717) is 19.6 Å². The molecule has 3 nitrogen and oxygen atoms in total. The van der Waals surface area contributed by atoms with Crippen LogP contribution in [0.15, 0.2) is 24.0 Å². The Hall–Kier alpha value is -0.800. The van der Waals surface area contributed by atoms with E-state index in [-0.39, 0.29) is 0 Å². The molecule has 1 aliphatic rings. The lowest BCUT2D eigenvalue weighted by molar-refractivity contribution is -0.161. The SMILES string of the molecule is CCOC1=CCC(O)(OCC)C=C1. The molecule has 1 aliphatic carbocycles. The minimum Gasteiger partial charge on any atom is -0.494 e. The highest BCUT2D eigenvalue weighted by molar-refractivity contribution is 5.21. The zero-order valence-corrected chi connectivity index (χ0v) is 8.12. The van der Waals surface area contributed by atoms with Crippen LogP contribution in [0.4, 0.5) is 0 Å². The maximum Gasteiger partial charge on any atom is 0.189 e. The minimum absolute atomic E-state index is 0.451. The second-order valence-electron chi connectivity index (χ2n) is 2.85. The van der Waals surface area contributed by atoms with Gasteiger partial charge in [0.1, 0.15) is 5.76 Å². The van der Waals surface area contributed by atoms with Gasteiger partial charge in [-0.3, -0.25) is 0 Å². The third-order valence-electron chi connectivity index (χ3n) is 1.81. The summed E-state index contributed by atoms with van der Waals surface area (Å²) < 4.78 is 10.4. The fourth-order valence-corrected chi connectivity index (χ4v) is 1.23. The lowest BCUT2D eigenvalue weighted by Crippen LogP contribution is -2.30. The first kappa shape index (κ1) is 10.3. The van der Waals surface area contributed by atoms with E-state index in [1.54, 1.807) is 12.2 Å². The Labute approximate surface area is 78.7 Å². The molecule has 0 saturated heterocycles. The zero-order valence-electron chi connectivity index (χ0n) is 8.12. The largest absolute Gasteiger partial charge is 0.494 e. The van der Waals surface area contributed by atoms with Gasteiger partial charge in [0.05, 0.1) is 6.61 Å². The summed E-state index contributed by atoms with van der Waals surface area (Å²) in [6, 6.07) is 0. The summed E-state index contributed by atoms with van der Waals surface area (Å²) in [6.45, 7) is 4.92. The van der Waals surface area contributed by atoms with Gasteiger partial charge in [0.15, 0.2) is 5.79 Å². The Bertz CT molecular complexity index is 220. The van der Waals surface area contributed by atoms with E-state index in [2.05, 4.69) is 0 Å². The molecule has 0 aromatic heterocycles. The van der Waals surface area contributed by atoms with Gasteiger partial charge in [-0.25, -0.2) is 0 Å². The van der Waals surface area contributed by atoms with Gasteiger partial charge in [0.2, 0.25) is 0 Å². The molecule has 0 spiro atoms. The summed E-state index contributed by atoms with van der Waals surface area (Å²) in [5.41, 5.74) is 0. The molecule has 0 aromatic rings. The molecule has 3 heteroatoms. The summed E-state index contributed by atoms with van der Waals surface area (Å²) in [5.74, 6) is -0.332. The average Bonchev–Trinajstić information content (AvgIpc) is 2.10. The van der Waals surface area contributed by atoms with E-state index >= 15 is 0 Å². The number of aliphatic hydroxyl groups is 1. The van der Waals surface area contributed by atoms with Crippen molar-refractivity contribution in [3.05, 3.63) is 24.0 Å². The molecule has 1 atom stereocenters. The summed E-state index contributed by atoms with van der Waals surface area (Å²) in [5, 5.41) is 9.75. The number of rotatable bonds is 4. The Balaban J connectivity index is 2.51. The van der Waals surface area contributed by atoms with Crippen LogP contribution in [0.5, 0.6) is 0 Å². The summed E-state index contributed by atoms with van der Waals surface area (Å²) in [7, 11) is 0. The van der Waals surface area contributed by atoms with E-state index in [0.717, 1.165) is 5.76 Å². The highest BCUT2D eigenvalue weighted by Gasteiger charge is 2.25. The predicted molar refractivity (Wildman–Crippen MR) is 50.0 cm³/mol. The lowest BCUT2D eigenvalue weighted by atomic mass is 10.1. The topological polar surface area (TPSA) is 38.7 Å². The van der Waals surface area contributed by atoms with Crippen molar-refractivity contribution in [2.24, 2.45) is 0 Å². The Morgan fingerprint density at radius 1 is 1.46 bits per heavy atom. The van der Waals surface area contributed by atoms with Crippen LogP contribution >= 0.6 is 0 Å². The molecular formula is C10H16O3. The summed E-state index contributed by atoms with van der Waals surface area (Å²) in [4.78, 5) is 0. The molecular weight excluding hydrogens is 168 g/mol. The highest BCUT2D eigenvalue weighted by atomic mass is 16.6. The first-order valence-corrected chi connectivity index (χ1v) is 4.58. The van der Waals surface area contributed by atoms with Crippen LogP contribution in [0.25, 0.3) is 0 Å². The van der Waals surface area contributed by atoms with Crippen LogP contribution in [0.3, 0.4) is 0 Å². The molecule has 0 bridgehead atoms. The van der Waals surface area contributed by atoms with Crippen LogP contribution in [-0.4, -0.2) is 24.1 Å². The van der Waals surface area contributed by atoms with Crippen LogP contribution < -0.4 is 0 Å². The second kappa shape index (κ2) is 4.44. The summed E-state index contributed by atoms with van der Waals surface area (Å²) in [6.07, 6.45) is 5.65. The van der Waals surface area contributed by atoms with Crippen molar-refractivity contribution >= 4 is 0 Å².